The van der Waals surface area contributed by atoms with Crippen LogP contribution in [0, 0.1) is 10.1 Å². The fourth-order valence-corrected chi connectivity index (χ4v) is 3.37. The molecule has 0 fully saturated rings. The summed E-state index contributed by atoms with van der Waals surface area (Å²) in [6.45, 7) is 0. The van der Waals surface area contributed by atoms with Crippen molar-refractivity contribution in [1.82, 2.24) is 15.0 Å². The van der Waals surface area contributed by atoms with E-state index in [-0.39, 0.29) is 17.4 Å². The van der Waals surface area contributed by atoms with Gasteiger partial charge in [-0.3, -0.25) is 15.1 Å². The molecule has 0 amide bonds. The minimum absolute atomic E-state index is 0.0222. The summed E-state index contributed by atoms with van der Waals surface area (Å²) in [6.07, 6.45) is 2.89. The Bertz CT molecular complexity index is 1430. The maximum Gasteiger partial charge on any atom is 0.373 e. The van der Waals surface area contributed by atoms with E-state index in [9.17, 15) is 10.1 Å². The Hall–Kier alpha value is -4.59. The molecule has 3 aromatic carbocycles. The third-order valence-corrected chi connectivity index (χ3v) is 4.79. The zero-order chi connectivity index (χ0) is 21.2. The first-order valence-electron chi connectivity index (χ1n) is 9.46. The molecular formula is C23H15N5O3. The largest absolute Gasteiger partial charge is 0.434 e. The number of aromatic nitrogens is 3. The molecule has 5 aromatic rings. The summed E-state index contributed by atoms with van der Waals surface area (Å²) in [4.78, 5) is 23.8. The molecular weight excluding hydrogens is 394 g/mol. The molecule has 0 radical (unpaired) electrons. The molecule has 0 bridgehead atoms. The summed E-state index contributed by atoms with van der Waals surface area (Å²) in [5.41, 5.74) is 0.912. The molecule has 150 valence electrons. The third kappa shape index (κ3) is 3.58. The van der Waals surface area contributed by atoms with E-state index >= 15 is 0 Å². The van der Waals surface area contributed by atoms with Gasteiger partial charge in [-0.1, -0.05) is 48.5 Å². The summed E-state index contributed by atoms with van der Waals surface area (Å²) >= 11 is 0. The fourth-order valence-electron chi connectivity index (χ4n) is 3.37. The molecule has 0 aliphatic heterocycles. The van der Waals surface area contributed by atoms with E-state index in [1.165, 1.54) is 6.33 Å². The second-order valence-electron chi connectivity index (χ2n) is 6.75. The van der Waals surface area contributed by atoms with Crippen molar-refractivity contribution in [3.05, 3.63) is 95.4 Å². The number of ether oxygens (including phenoxy) is 1. The number of rotatable bonds is 5. The Kier molecular flexibility index (Phi) is 4.57. The monoisotopic (exact) mass is 409 g/mol. The van der Waals surface area contributed by atoms with Crippen molar-refractivity contribution in [2.75, 3.05) is 5.32 Å². The van der Waals surface area contributed by atoms with E-state index < -0.39 is 4.92 Å². The second kappa shape index (κ2) is 7.68. The molecule has 0 atom stereocenters. The number of para-hydroxylation sites is 1. The Morgan fingerprint density at radius 1 is 0.839 bits per heavy atom. The van der Waals surface area contributed by atoms with Gasteiger partial charge in [-0.25, -0.2) is 4.98 Å². The number of anilines is 2. The van der Waals surface area contributed by atoms with Gasteiger partial charge in [-0.15, -0.1) is 0 Å². The molecule has 8 heteroatoms. The van der Waals surface area contributed by atoms with Gasteiger partial charge in [0.05, 0.1) is 16.1 Å². The molecule has 8 nitrogen and oxygen atoms in total. The van der Waals surface area contributed by atoms with E-state index in [2.05, 4.69) is 20.3 Å². The molecule has 0 aliphatic rings. The number of hydrogen-bond donors (Lipinski definition) is 1. The van der Waals surface area contributed by atoms with Gasteiger partial charge in [0.15, 0.2) is 0 Å². The summed E-state index contributed by atoms with van der Waals surface area (Å²) in [7, 11) is 0. The Labute approximate surface area is 176 Å². The lowest BCUT2D eigenvalue weighted by atomic mass is 10.1. The lowest BCUT2D eigenvalue weighted by Gasteiger charge is -2.11. The van der Waals surface area contributed by atoms with Crippen molar-refractivity contribution in [2.45, 2.75) is 0 Å². The van der Waals surface area contributed by atoms with Crippen LogP contribution in [0.3, 0.4) is 0 Å². The topological polar surface area (TPSA) is 103 Å². The van der Waals surface area contributed by atoms with Crippen molar-refractivity contribution < 1.29 is 9.66 Å². The van der Waals surface area contributed by atoms with Crippen LogP contribution < -0.4 is 10.1 Å². The van der Waals surface area contributed by atoms with E-state index in [1.54, 1.807) is 18.3 Å². The van der Waals surface area contributed by atoms with Crippen LogP contribution in [0.2, 0.25) is 0 Å². The van der Waals surface area contributed by atoms with Crippen molar-refractivity contribution in [1.29, 1.82) is 0 Å². The maximum absolute atomic E-state index is 11.9. The average Bonchev–Trinajstić information content (AvgIpc) is 2.79. The molecule has 31 heavy (non-hydrogen) atoms. The Morgan fingerprint density at radius 3 is 2.52 bits per heavy atom. The predicted octanol–water partition coefficient (Wildman–Crippen LogP) is 5.62. The molecule has 2 aromatic heterocycles. The predicted molar refractivity (Wildman–Crippen MR) is 118 cm³/mol. The van der Waals surface area contributed by atoms with E-state index in [4.69, 9.17) is 4.74 Å². The van der Waals surface area contributed by atoms with E-state index in [1.807, 2.05) is 60.7 Å². The van der Waals surface area contributed by atoms with Gasteiger partial charge in [0, 0.05) is 11.6 Å². The van der Waals surface area contributed by atoms with Crippen molar-refractivity contribution in [2.24, 2.45) is 0 Å². The summed E-state index contributed by atoms with van der Waals surface area (Å²) in [6, 6.07) is 22.5. The van der Waals surface area contributed by atoms with Gasteiger partial charge in [0.2, 0.25) is 5.82 Å². The number of fused-ring (bicyclic) bond motifs is 2. The van der Waals surface area contributed by atoms with Crippen LogP contribution in [0.1, 0.15) is 0 Å². The number of benzene rings is 3. The van der Waals surface area contributed by atoms with Gasteiger partial charge in [-0.2, -0.15) is 4.98 Å². The standard InChI is InChI=1S/C23H15N5O3/c29-28(30)21-22(27-19-9-3-7-16-8-4-12-24-20(16)19)25-14-26-23(21)31-18-11-10-15-5-1-2-6-17(15)13-18/h1-14H,(H,25,26,27). The Balaban J connectivity index is 1.54. The molecule has 0 saturated heterocycles. The zero-order valence-corrected chi connectivity index (χ0v) is 16.1. The van der Waals surface area contributed by atoms with Crippen LogP contribution in [0.25, 0.3) is 21.7 Å². The third-order valence-electron chi connectivity index (χ3n) is 4.79. The van der Waals surface area contributed by atoms with Crippen molar-refractivity contribution in [3.8, 4) is 11.6 Å². The molecule has 0 unspecified atom stereocenters. The lowest BCUT2D eigenvalue weighted by Crippen LogP contribution is -2.04. The minimum atomic E-state index is -0.558. The van der Waals surface area contributed by atoms with Crippen LogP contribution in [-0.4, -0.2) is 19.9 Å². The highest BCUT2D eigenvalue weighted by Crippen LogP contribution is 2.37. The highest BCUT2D eigenvalue weighted by Gasteiger charge is 2.25. The number of nitrogens with one attached hydrogen (secondary N) is 1. The summed E-state index contributed by atoms with van der Waals surface area (Å²) < 4.78 is 5.80. The van der Waals surface area contributed by atoms with Crippen molar-refractivity contribution in [3.63, 3.8) is 0 Å². The first-order valence-corrected chi connectivity index (χ1v) is 9.46. The smallest absolute Gasteiger partial charge is 0.373 e. The van der Waals surface area contributed by atoms with Crippen LogP contribution in [0.4, 0.5) is 17.2 Å². The van der Waals surface area contributed by atoms with E-state index in [0.717, 1.165) is 16.2 Å². The first kappa shape index (κ1) is 18.4. The highest BCUT2D eigenvalue weighted by atomic mass is 16.6. The molecule has 0 saturated carbocycles. The van der Waals surface area contributed by atoms with Gasteiger partial charge >= 0.3 is 11.6 Å². The van der Waals surface area contributed by atoms with Crippen molar-refractivity contribution >= 4 is 38.9 Å². The number of hydrogen-bond acceptors (Lipinski definition) is 7. The SMILES string of the molecule is O=[N+]([O-])c1c(Nc2cccc3cccnc23)ncnc1Oc1ccc2ccccc2c1. The van der Waals surface area contributed by atoms with Gasteiger partial charge < -0.3 is 10.1 Å². The molecule has 2 heterocycles. The molecule has 5 rings (SSSR count). The number of nitro groups is 1. The van der Waals surface area contributed by atoms with Gasteiger partial charge in [0.1, 0.15) is 12.1 Å². The van der Waals surface area contributed by atoms with Gasteiger partial charge in [-0.05, 0) is 35.0 Å². The lowest BCUT2D eigenvalue weighted by molar-refractivity contribution is -0.385. The fraction of sp³-hybridized carbons (Fsp3) is 0. The van der Waals surface area contributed by atoms with Crippen LogP contribution in [-0.2, 0) is 0 Å². The number of nitrogens with zero attached hydrogens (tertiary/aromatic N) is 4. The first-order chi connectivity index (χ1) is 15.2. The van der Waals surface area contributed by atoms with Crippen LogP contribution in [0.5, 0.6) is 11.6 Å². The molecule has 0 spiro atoms. The quantitative estimate of drug-likeness (QED) is 0.297. The highest BCUT2D eigenvalue weighted by molar-refractivity contribution is 5.92. The second-order valence-corrected chi connectivity index (χ2v) is 6.75. The van der Waals surface area contributed by atoms with Crippen LogP contribution in [0.15, 0.2) is 85.3 Å². The average molecular weight is 409 g/mol. The van der Waals surface area contributed by atoms with E-state index in [0.29, 0.717) is 17.0 Å². The molecule has 1 N–H and O–H groups in total. The maximum atomic E-state index is 11.9. The van der Waals surface area contributed by atoms with Crippen LogP contribution >= 0.6 is 0 Å². The van der Waals surface area contributed by atoms with Gasteiger partial charge in [0.25, 0.3) is 0 Å². The zero-order valence-electron chi connectivity index (χ0n) is 16.1. The summed E-state index contributed by atoms with van der Waals surface area (Å²) in [5.74, 6) is 0.318. The molecule has 0 aliphatic carbocycles. The Morgan fingerprint density at radius 2 is 1.65 bits per heavy atom. The normalized spacial score (nSPS) is 10.8. The number of pyridine rings is 1. The summed E-state index contributed by atoms with van der Waals surface area (Å²) in [5, 5.41) is 17.8. The minimum Gasteiger partial charge on any atom is -0.434 e.